The molecule has 0 spiro atoms. The third-order valence-corrected chi connectivity index (χ3v) is 7.42. The molecule has 0 aromatic heterocycles. The average Bonchev–Trinajstić information content (AvgIpc) is 3.03. The van der Waals surface area contributed by atoms with E-state index in [4.69, 9.17) is 16.3 Å². The molecule has 0 aliphatic carbocycles. The topological polar surface area (TPSA) is 105 Å². The Bertz CT molecular complexity index is 1260. The van der Waals surface area contributed by atoms with Crippen LogP contribution in [-0.2, 0) is 14.8 Å². The van der Waals surface area contributed by atoms with Gasteiger partial charge < -0.3 is 9.64 Å². The van der Waals surface area contributed by atoms with E-state index in [0.717, 1.165) is 24.0 Å². The molecule has 8 nitrogen and oxygen atoms in total. The van der Waals surface area contributed by atoms with E-state index in [1.165, 1.54) is 17.0 Å². The van der Waals surface area contributed by atoms with Gasteiger partial charge in [0.2, 0.25) is 10.0 Å². The maximum absolute atomic E-state index is 14.7. The monoisotopic (exact) mass is 553 g/mol. The Morgan fingerprint density at radius 3 is 2.57 bits per heavy atom. The van der Waals surface area contributed by atoms with Crippen molar-refractivity contribution in [2.45, 2.75) is 52.6 Å². The molecule has 0 radical (unpaired) electrons. The average molecular weight is 554 g/mol. The lowest BCUT2D eigenvalue weighted by atomic mass is 10.0. The van der Waals surface area contributed by atoms with Crippen LogP contribution in [0.15, 0.2) is 36.4 Å². The molecular formula is C26H33ClFN3O5S. The van der Waals surface area contributed by atoms with Gasteiger partial charge in [-0.15, -0.1) is 4.83 Å². The van der Waals surface area contributed by atoms with E-state index in [-0.39, 0.29) is 23.2 Å². The van der Waals surface area contributed by atoms with Crippen LogP contribution >= 0.6 is 11.6 Å². The minimum Gasteiger partial charge on any atom is -0.444 e. The van der Waals surface area contributed by atoms with Crippen molar-refractivity contribution in [2.75, 3.05) is 18.8 Å². The second kappa shape index (κ2) is 11.8. The normalized spacial score (nSPS) is 16.7. The Labute approximate surface area is 222 Å². The summed E-state index contributed by atoms with van der Waals surface area (Å²) >= 11 is 6.03. The zero-order chi connectivity index (χ0) is 27.4. The van der Waals surface area contributed by atoms with Crippen LogP contribution in [-0.4, -0.2) is 49.8 Å². The molecule has 0 bridgehead atoms. The summed E-state index contributed by atoms with van der Waals surface area (Å²) in [5.41, 5.74) is 3.26. The molecule has 2 aromatic rings. The van der Waals surface area contributed by atoms with Crippen LogP contribution in [0, 0.1) is 18.7 Å². The van der Waals surface area contributed by atoms with E-state index >= 15 is 0 Å². The summed E-state index contributed by atoms with van der Waals surface area (Å²) in [6.45, 7) is 7.90. The number of hydrogen-bond donors (Lipinski definition) is 2. The standard InChI is InChI=1S/C26H33ClFN3O5S/c1-17-8-7-10-19(12-17)20-13-21(23(28)22(27)14-20)24(32)29-30-37(34,35)16-18-9-5-6-11-31(15-18)25(33)36-26(2,3)4/h7-8,10,12-14,18,30H,5-6,9,11,15-16H2,1-4H3,(H,29,32). The minimum absolute atomic E-state index is 0.215. The highest BCUT2D eigenvalue weighted by atomic mass is 35.5. The molecule has 11 heteroatoms. The Kier molecular flexibility index (Phi) is 9.20. The third-order valence-electron chi connectivity index (χ3n) is 5.82. The number of halogens is 2. The van der Waals surface area contributed by atoms with Crippen LogP contribution in [0.4, 0.5) is 9.18 Å². The fourth-order valence-corrected chi connectivity index (χ4v) is 5.59. The summed E-state index contributed by atoms with van der Waals surface area (Å²) < 4.78 is 45.6. The van der Waals surface area contributed by atoms with Gasteiger partial charge in [0, 0.05) is 13.1 Å². The number of hydrazine groups is 1. The van der Waals surface area contributed by atoms with Crippen molar-refractivity contribution in [3.63, 3.8) is 0 Å². The lowest BCUT2D eigenvalue weighted by Gasteiger charge is -2.28. The van der Waals surface area contributed by atoms with E-state index in [0.29, 0.717) is 18.5 Å². The predicted octanol–water partition coefficient (Wildman–Crippen LogP) is 5.06. The van der Waals surface area contributed by atoms with Crippen molar-refractivity contribution in [2.24, 2.45) is 5.92 Å². The molecule has 37 heavy (non-hydrogen) atoms. The summed E-state index contributed by atoms with van der Waals surface area (Å²) in [6.07, 6.45) is 1.59. The van der Waals surface area contributed by atoms with Crippen molar-refractivity contribution < 1.29 is 27.1 Å². The van der Waals surface area contributed by atoms with Gasteiger partial charge in [-0.05, 0) is 69.7 Å². The largest absolute Gasteiger partial charge is 0.444 e. The van der Waals surface area contributed by atoms with Crippen LogP contribution in [0.5, 0.6) is 0 Å². The first-order valence-corrected chi connectivity index (χ1v) is 14.1. The number of rotatable bonds is 6. The van der Waals surface area contributed by atoms with Gasteiger partial charge in [0.15, 0.2) is 5.82 Å². The van der Waals surface area contributed by atoms with Gasteiger partial charge in [-0.1, -0.05) is 47.9 Å². The molecule has 1 aliphatic heterocycles. The molecule has 1 saturated heterocycles. The van der Waals surface area contributed by atoms with Crippen LogP contribution in [0.2, 0.25) is 5.02 Å². The van der Waals surface area contributed by atoms with Crippen LogP contribution in [0.3, 0.4) is 0 Å². The van der Waals surface area contributed by atoms with Crippen molar-refractivity contribution in [3.8, 4) is 11.1 Å². The Morgan fingerprint density at radius 1 is 1.16 bits per heavy atom. The number of sulfonamides is 1. The first kappa shape index (κ1) is 28.9. The highest BCUT2D eigenvalue weighted by Crippen LogP contribution is 2.28. The molecule has 1 unspecified atom stereocenters. The number of amides is 2. The quantitative estimate of drug-likeness (QED) is 0.487. The SMILES string of the molecule is Cc1cccc(-c2cc(Cl)c(F)c(C(=O)NNS(=O)(=O)CC3CCCCN(C(=O)OC(C)(C)C)C3)c2)c1. The van der Waals surface area contributed by atoms with Crippen molar-refractivity contribution in [1.82, 2.24) is 15.2 Å². The van der Waals surface area contributed by atoms with E-state index < -0.39 is 39.0 Å². The van der Waals surface area contributed by atoms with E-state index in [9.17, 15) is 22.4 Å². The number of hydrogen-bond acceptors (Lipinski definition) is 5. The predicted molar refractivity (Wildman–Crippen MR) is 141 cm³/mol. The second-order valence-corrected chi connectivity index (χ2v) is 12.5. The molecule has 202 valence electrons. The van der Waals surface area contributed by atoms with E-state index in [2.05, 4.69) is 10.3 Å². The van der Waals surface area contributed by atoms with Crippen molar-refractivity contribution >= 4 is 33.6 Å². The number of ether oxygens (including phenoxy) is 1. The number of carbonyl (C=O) groups excluding carboxylic acids is 2. The molecule has 0 saturated carbocycles. The highest BCUT2D eigenvalue weighted by Gasteiger charge is 2.29. The zero-order valence-electron chi connectivity index (χ0n) is 21.4. The summed E-state index contributed by atoms with van der Waals surface area (Å²) in [4.78, 5) is 28.8. The van der Waals surface area contributed by atoms with E-state index in [1.54, 1.807) is 26.8 Å². The number of likely N-dealkylation sites (tertiary alicyclic amines) is 1. The molecule has 2 N–H and O–H groups in total. The molecular weight excluding hydrogens is 521 g/mol. The van der Waals surface area contributed by atoms with E-state index in [1.807, 2.05) is 25.1 Å². The van der Waals surface area contributed by atoms with Crippen LogP contribution in [0.25, 0.3) is 11.1 Å². The fourth-order valence-electron chi connectivity index (χ4n) is 4.15. The lowest BCUT2D eigenvalue weighted by molar-refractivity contribution is 0.0238. The Hall–Kier alpha value is -2.69. The number of nitrogens with one attached hydrogen (secondary N) is 2. The smallest absolute Gasteiger partial charge is 0.410 e. The molecule has 2 aromatic carbocycles. The summed E-state index contributed by atoms with van der Waals surface area (Å²) in [5, 5.41) is -0.257. The van der Waals surface area contributed by atoms with Crippen LogP contribution < -0.4 is 10.3 Å². The molecule has 2 amide bonds. The molecule has 1 atom stereocenters. The van der Waals surface area contributed by atoms with Gasteiger partial charge >= 0.3 is 6.09 Å². The maximum Gasteiger partial charge on any atom is 0.410 e. The Morgan fingerprint density at radius 2 is 1.89 bits per heavy atom. The van der Waals surface area contributed by atoms with Gasteiger partial charge in [-0.3, -0.25) is 10.2 Å². The van der Waals surface area contributed by atoms with Gasteiger partial charge in [0.05, 0.1) is 16.3 Å². The first-order valence-electron chi connectivity index (χ1n) is 12.1. The first-order chi connectivity index (χ1) is 17.2. The van der Waals surface area contributed by atoms with Gasteiger partial charge in [0.1, 0.15) is 5.60 Å². The van der Waals surface area contributed by atoms with Crippen LogP contribution in [0.1, 0.15) is 56.0 Å². The maximum atomic E-state index is 14.7. The zero-order valence-corrected chi connectivity index (χ0v) is 23.0. The molecule has 1 heterocycles. The lowest BCUT2D eigenvalue weighted by Crippen LogP contribution is -2.45. The van der Waals surface area contributed by atoms with Crippen molar-refractivity contribution in [1.29, 1.82) is 0 Å². The number of benzene rings is 2. The highest BCUT2D eigenvalue weighted by molar-refractivity contribution is 7.89. The van der Waals surface area contributed by atoms with Gasteiger partial charge in [-0.2, -0.15) is 0 Å². The fraction of sp³-hybridized carbons (Fsp3) is 0.462. The molecule has 1 fully saturated rings. The second-order valence-electron chi connectivity index (χ2n) is 10.3. The number of nitrogens with zero attached hydrogens (tertiary/aromatic N) is 1. The number of aryl methyl sites for hydroxylation is 1. The third kappa shape index (κ3) is 8.41. The van der Waals surface area contributed by atoms with Gasteiger partial charge in [-0.25, -0.2) is 17.6 Å². The summed E-state index contributed by atoms with van der Waals surface area (Å²) in [7, 11) is -3.99. The molecule has 3 rings (SSSR count). The number of carbonyl (C=O) groups is 2. The van der Waals surface area contributed by atoms with Crippen molar-refractivity contribution in [3.05, 3.63) is 58.4 Å². The summed E-state index contributed by atoms with van der Waals surface area (Å²) in [6, 6.07) is 10.1. The summed E-state index contributed by atoms with van der Waals surface area (Å²) in [5.74, 6) is -2.61. The minimum atomic E-state index is -3.99. The Balaban J connectivity index is 1.67. The molecule has 1 aliphatic rings. The van der Waals surface area contributed by atoms with Gasteiger partial charge in [0.25, 0.3) is 5.91 Å².